The number of phenolic OH excluding ortho intramolecular Hbond substituents is 1. The number of hydrogen-bond donors (Lipinski definition) is 4. The second-order valence-electron chi connectivity index (χ2n) is 6.19. The second-order valence-corrected chi connectivity index (χ2v) is 6.19. The number of fused-ring (bicyclic) bond motifs is 1. The van der Waals surface area contributed by atoms with E-state index in [0.717, 1.165) is 12.8 Å². The van der Waals surface area contributed by atoms with Crippen LogP contribution >= 0.6 is 0 Å². The predicted octanol–water partition coefficient (Wildman–Crippen LogP) is 1.65. The number of hydrogen-bond acceptors (Lipinski definition) is 5. The summed E-state index contributed by atoms with van der Waals surface area (Å²) in [6.07, 6.45) is 2.58. The fourth-order valence-corrected chi connectivity index (χ4v) is 2.56. The van der Waals surface area contributed by atoms with E-state index in [2.05, 4.69) is 22.9 Å². The maximum atomic E-state index is 12.1. The Hall–Kier alpha value is -3.03. The number of aromatic hydroxyl groups is 1. The number of amides is 3. The van der Waals surface area contributed by atoms with Gasteiger partial charge in [-0.25, -0.2) is 9.59 Å². The van der Waals surface area contributed by atoms with E-state index in [1.54, 1.807) is 6.07 Å². The zero-order chi connectivity index (χ0) is 19.6. The fraction of sp³-hybridized carbons (Fsp3) is 0.421. The number of rotatable bonds is 9. The average molecular weight is 375 g/mol. The Balaban J connectivity index is 1.77. The van der Waals surface area contributed by atoms with Gasteiger partial charge in [0.15, 0.2) is 0 Å². The van der Waals surface area contributed by atoms with Crippen molar-refractivity contribution in [1.82, 2.24) is 16.0 Å². The molecule has 1 heterocycles. The summed E-state index contributed by atoms with van der Waals surface area (Å²) in [5, 5.41) is 18.3. The van der Waals surface area contributed by atoms with Crippen molar-refractivity contribution in [2.45, 2.75) is 32.6 Å². The molecule has 27 heavy (non-hydrogen) atoms. The first kappa shape index (κ1) is 20.3. The highest BCUT2D eigenvalue weighted by molar-refractivity contribution is 5.87. The van der Waals surface area contributed by atoms with Gasteiger partial charge in [-0.05, 0) is 30.5 Å². The van der Waals surface area contributed by atoms with Gasteiger partial charge >= 0.3 is 11.7 Å². The Morgan fingerprint density at radius 3 is 2.48 bits per heavy atom. The maximum absolute atomic E-state index is 12.1. The summed E-state index contributed by atoms with van der Waals surface area (Å²) in [5.41, 5.74) is 0.199. The molecule has 0 radical (unpaired) electrons. The summed E-state index contributed by atoms with van der Waals surface area (Å²) >= 11 is 0. The zero-order valence-electron chi connectivity index (χ0n) is 15.3. The van der Waals surface area contributed by atoms with Crippen LogP contribution in [0, 0.1) is 0 Å². The SMILES string of the molecule is CCCCNC(=O)NCCCNC(=O)Cc1cc(=O)oc2cc(O)ccc12. The number of benzene rings is 1. The lowest BCUT2D eigenvalue weighted by molar-refractivity contribution is -0.120. The molecular formula is C19H25N3O5. The Morgan fingerprint density at radius 2 is 1.74 bits per heavy atom. The van der Waals surface area contributed by atoms with Gasteiger partial charge in [-0.2, -0.15) is 0 Å². The van der Waals surface area contributed by atoms with Gasteiger partial charge < -0.3 is 25.5 Å². The lowest BCUT2D eigenvalue weighted by Gasteiger charge is -2.09. The van der Waals surface area contributed by atoms with E-state index in [0.29, 0.717) is 37.0 Å². The molecule has 8 nitrogen and oxygen atoms in total. The smallest absolute Gasteiger partial charge is 0.336 e. The largest absolute Gasteiger partial charge is 0.508 e. The second kappa shape index (κ2) is 10.2. The van der Waals surface area contributed by atoms with Crippen LogP contribution in [0.4, 0.5) is 4.79 Å². The highest BCUT2D eigenvalue weighted by atomic mass is 16.4. The van der Waals surface area contributed by atoms with Crippen LogP contribution in [0.1, 0.15) is 31.7 Å². The molecule has 0 unspecified atom stereocenters. The van der Waals surface area contributed by atoms with E-state index in [-0.39, 0.29) is 29.7 Å². The molecule has 146 valence electrons. The number of unbranched alkanes of at least 4 members (excludes halogenated alkanes) is 1. The molecule has 0 fully saturated rings. The number of urea groups is 1. The van der Waals surface area contributed by atoms with Crippen LogP contribution in [0.5, 0.6) is 5.75 Å². The first-order valence-electron chi connectivity index (χ1n) is 9.03. The topological polar surface area (TPSA) is 121 Å². The van der Waals surface area contributed by atoms with Gasteiger partial charge in [0.1, 0.15) is 11.3 Å². The van der Waals surface area contributed by atoms with Gasteiger partial charge in [-0.3, -0.25) is 4.79 Å². The third-order valence-electron chi connectivity index (χ3n) is 3.94. The molecule has 0 saturated heterocycles. The predicted molar refractivity (Wildman–Crippen MR) is 102 cm³/mol. The van der Waals surface area contributed by atoms with Gasteiger partial charge in [0, 0.05) is 37.2 Å². The van der Waals surface area contributed by atoms with E-state index >= 15 is 0 Å². The molecule has 0 aliphatic heterocycles. The van der Waals surface area contributed by atoms with Crippen molar-refractivity contribution in [2.24, 2.45) is 0 Å². The highest BCUT2D eigenvalue weighted by Gasteiger charge is 2.10. The van der Waals surface area contributed by atoms with Gasteiger partial charge in [0.25, 0.3) is 0 Å². The molecule has 0 atom stereocenters. The Morgan fingerprint density at radius 1 is 1.04 bits per heavy atom. The van der Waals surface area contributed by atoms with Crippen molar-refractivity contribution < 1.29 is 19.1 Å². The summed E-state index contributed by atoms with van der Waals surface area (Å²) in [5.74, 6) is -0.249. The first-order valence-corrected chi connectivity index (χ1v) is 9.03. The van der Waals surface area contributed by atoms with Crippen molar-refractivity contribution in [3.63, 3.8) is 0 Å². The first-order chi connectivity index (χ1) is 13.0. The third-order valence-corrected chi connectivity index (χ3v) is 3.94. The Kier molecular flexibility index (Phi) is 7.66. The number of nitrogens with one attached hydrogen (secondary N) is 3. The molecular weight excluding hydrogens is 350 g/mol. The van der Waals surface area contributed by atoms with Gasteiger partial charge in [-0.1, -0.05) is 13.3 Å². The van der Waals surface area contributed by atoms with Crippen molar-refractivity contribution in [3.8, 4) is 5.75 Å². The van der Waals surface area contributed by atoms with Gasteiger partial charge in [0.2, 0.25) is 5.91 Å². The Labute approximate surface area is 156 Å². The molecule has 3 amide bonds. The highest BCUT2D eigenvalue weighted by Crippen LogP contribution is 2.22. The quantitative estimate of drug-likeness (QED) is 0.392. The van der Waals surface area contributed by atoms with Crippen LogP contribution in [-0.4, -0.2) is 36.7 Å². The van der Waals surface area contributed by atoms with E-state index in [1.165, 1.54) is 18.2 Å². The minimum Gasteiger partial charge on any atom is -0.508 e. The summed E-state index contributed by atoms with van der Waals surface area (Å²) in [7, 11) is 0. The molecule has 0 spiro atoms. The lowest BCUT2D eigenvalue weighted by atomic mass is 10.1. The summed E-state index contributed by atoms with van der Waals surface area (Å²) in [6.45, 7) is 3.57. The summed E-state index contributed by atoms with van der Waals surface area (Å²) in [4.78, 5) is 35.2. The molecule has 1 aromatic heterocycles. The molecule has 1 aromatic carbocycles. The molecule has 0 aliphatic carbocycles. The van der Waals surface area contributed by atoms with Crippen molar-refractivity contribution >= 4 is 22.9 Å². The minimum atomic E-state index is -0.575. The number of carbonyl (C=O) groups is 2. The molecule has 0 saturated carbocycles. The summed E-state index contributed by atoms with van der Waals surface area (Å²) in [6, 6.07) is 5.50. The molecule has 0 aliphatic rings. The van der Waals surface area contributed by atoms with E-state index in [9.17, 15) is 19.5 Å². The van der Waals surface area contributed by atoms with E-state index < -0.39 is 5.63 Å². The van der Waals surface area contributed by atoms with E-state index in [1.807, 2.05) is 0 Å². The maximum Gasteiger partial charge on any atom is 0.336 e. The van der Waals surface area contributed by atoms with Crippen molar-refractivity contribution in [1.29, 1.82) is 0 Å². The molecule has 2 aromatic rings. The molecule has 0 bridgehead atoms. The zero-order valence-corrected chi connectivity index (χ0v) is 15.3. The normalized spacial score (nSPS) is 10.6. The van der Waals surface area contributed by atoms with Gasteiger partial charge in [-0.15, -0.1) is 0 Å². The van der Waals surface area contributed by atoms with Crippen LogP contribution in [-0.2, 0) is 11.2 Å². The third kappa shape index (κ3) is 6.65. The summed E-state index contributed by atoms with van der Waals surface area (Å²) < 4.78 is 5.04. The number of phenols is 1. The fourth-order valence-electron chi connectivity index (χ4n) is 2.56. The molecule has 8 heteroatoms. The van der Waals surface area contributed by atoms with Crippen LogP contribution in [0.15, 0.2) is 33.5 Å². The van der Waals surface area contributed by atoms with Crippen molar-refractivity contribution in [3.05, 3.63) is 40.2 Å². The Bertz CT molecular complexity index is 847. The van der Waals surface area contributed by atoms with Crippen LogP contribution in [0.2, 0.25) is 0 Å². The van der Waals surface area contributed by atoms with Gasteiger partial charge in [0.05, 0.1) is 6.42 Å². The molecule has 4 N–H and O–H groups in total. The number of carbonyl (C=O) groups excluding carboxylic acids is 2. The van der Waals surface area contributed by atoms with Crippen LogP contribution < -0.4 is 21.6 Å². The van der Waals surface area contributed by atoms with E-state index in [4.69, 9.17) is 4.42 Å². The van der Waals surface area contributed by atoms with Crippen LogP contribution in [0.25, 0.3) is 11.0 Å². The standard InChI is InChI=1S/C19H25N3O5/c1-2-3-7-21-19(26)22-9-4-8-20-17(24)10-13-11-18(25)27-16-12-14(23)5-6-15(13)16/h5-6,11-12,23H,2-4,7-10H2,1H3,(H,20,24)(H2,21,22,26). The molecule has 2 rings (SSSR count). The lowest BCUT2D eigenvalue weighted by Crippen LogP contribution is -2.37. The monoisotopic (exact) mass is 375 g/mol. The van der Waals surface area contributed by atoms with Crippen LogP contribution in [0.3, 0.4) is 0 Å². The van der Waals surface area contributed by atoms with Crippen molar-refractivity contribution in [2.75, 3.05) is 19.6 Å². The minimum absolute atomic E-state index is 0.0153. The average Bonchev–Trinajstić information content (AvgIpc) is 2.61.